The van der Waals surface area contributed by atoms with Crippen molar-refractivity contribution < 1.29 is 9.13 Å². The number of hydrogen-bond acceptors (Lipinski definition) is 1. The summed E-state index contributed by atoms with van der Waals surface area (Å²) in [5.41, 5.74) is 1.03. The van der Waals surface area contributed by atoms with E-state index >= 15 is 0 Å². The van der Waals surface area contributed by atoms with Crippen LogP contribution in [-0.2, 0) is 4.74 Å². The summed E-state index contributed by atoms with van der Waals surface area (Å²) >= 11 is 3.45. The highest BCUT2D eigenvalue weighted by atomic mass is 79.9. The summed E-state index contributed by atoms with van der Waals surface area (Å²) in [7, 11) is 0. The largest absolute Gasteiger partial charge is 0.373 e. The molecule has 1 aromatic rings. The highest BCUT2D eigenvalue weighted by molar-refractivity contribution is 9.09. The van der Waals surface area contributed by atoms with Gasteiger partial charge >= 0.3 is 0 Å². The first-order valence-corrected chi connectivity index (χ1v) is 7.83. The van der Waals surface area contributed by atoms with Crippen molar-refractivity contribution in [1.29, 1.82) is 0 Å². The topological polar surface area (TPSA) is 9.23 Å². The smallest absolute Gasteiger partial charge is 0.123 e. The van der Waals surface area contributed by atoms with Gasteiger partial charge in [0.25, 0.3) is 0 Å². The Kier molecular flexibility index (Phi) is 8.27. The Hall–Kier alpha value is -0.410. The SMILES string of the molecule is CCCCCCCOC(CBr)c1ccc(F)cc1. The second-order valence-electron chi connectivity index (χ2n) is 4.48. The normalized spacial score (nSPS) is 12.6. The average molecular weight is 317 g/mol. The number of ether oxygens (including phenoxy) is 1. The van der Waals surface area contributed by atoms with E-state index in [1.54, 1.807) is 12.1 Å². The van der Waals surface area contributed by atoms with Crippen LogP contribution in [0.5, 0.6) is 0 Å². The number of benzene rings is 1. The fourth-order valence-electron chi connectivity index (χ4n) is 1.84. The van der Waals surface area contributed by atoms with Crippen molar-refractivity contribution in [3.63, 3.8) is 0 Å². The maximum atomic E-state index is 12.8. The van der Waals surface area contributed by atoms with Gasteiger partial charge in [0.15, 0.2) is 0 Å². The molecule has 1 aromatic carbocycles. The Morgan fingerprint density at radius 2 is 1.78 bits per heavy atom. The van der Waals surface area contributed by atoms with Crippen LogP contribution in [0, 0.1) is 5.82 Å². The summed E-state index contributed by atoms with van der Waals surface area (Å²) in [5.74, 6) is -0.202. The Labute approximate surface area is 118 Å². The van der Waals surface area contributed by atoms with Crippen molar-refractivity contribution in [1.82, 2.24) is 0 Å². The second-order valence-corrected chi connectivity index (χ2v) is 5.13. The van der Waals surface area contributed by atoms with Crippen LogP contribution in [0.1, 0.15) is 50.7 Å². The zero-order chi connectivity index (χ0) is 13.2. The quantitative estimate of drug-likeness (QED) is 0.446. The van der Waals surface area contributed by atoms with Crippen LogP contribution >= 0.6 is 15.9 Å². The summed E-state index contributed by atoms with van der Waals surface area (Å²) in [6.45, 7) is 2.99. The van der Waals surface area contributed by atoms with E-state index in [0.717, 1.165) is 23.9 Å². The van der Waals surface area contributed by atoms with Crippen LogP contribution < -0.4 is 0 Å². The lowest BCUT2D eigenvalue weighted by Gasteiger charge is -2.15. The molecule has 0 heterocycles. The standard InChI is InChI=1S/C15H22BrFO/c1-2-3-4-5-6-11-18-15(12-16)13-7-9-14(17)10-8-13/h7-10,15H,2-6,11-12H2,1H3. The predicted molar refractivity (Wildman–Crippen MR) is 77.6 cm³/mol. The molecule has 0 fully saturated rings. The van der Waals surface area contributed by atoms with Crippen molar-refractivity contribution >= 4 is 15.9 Å². The van der Waals surface area contributed by atoms with Crippen LogP contribution in [0.2, 0.25) is 0 Å². The molecule has 1 atom stereocenters. The lowest BCUT2D eigenvalue weighted by atomic mass is 10.1. The molecule has 1 nitrogen and oxygen atoms in total. The number of alkyl halides is 1. The second kappa shape index (κ2) is 9.51. The van der Waals surface area contributed by atoms with Crippen molar-refractivity contribution in [3.05, 3.63) is 35.6 Å². The van der Waals surface area contributed by atoms with Gasteiger partial charge in [0, 0.05) is 11.9 Å². The lowest BCUT2D eigenvalue weighted by Crippen LogP contribution is -2.07. The molecule has 18 heavy (non-hydrogen) atoms. The average Bonchev–Trinajstić information content (AvgIpc) is 2.39. The Morgan fingerprint density at radius 1 is 1.11 bits per heavy atom. The number of halogens is 2. The third-order valence-corrected chi connectivity index (χ3v) is 3.54. The highest BCUT2D eigenvalue weighted by Gasteiger charge is 2.10. The first-order chi connectivity index (χ1) is 8.77. The summed E-state index contributed by atoms with van der Waals surface area (Å²) in [4.78, 5) is 0. The van der Waals surface area contributed by atoms with E-state index in [1.807, 2.05) is 0 Å². The molecule has 0 amide bonds. The maximum Gasteiger partial charge on any atom is 0.123 e. The van der Waals surface area contributed by atoms with Gasteiger partial charge in [-0.15, -0.1) is 0 Å². The molecule has 0 spiro atoms. The predicted octanol–water partition coefficient (Wildman–Crippen LogP) is 5.25. The zero-order valence-electron chi connectivity index (χ0n) is 11.0. The van der Waals surface area contributed by atoms with Gasteiger partial charge in [0.05, 0.1) is 6.10 Å². The summed E-state index contributed by atoms with van der Waals surface area (Å²) < 4.78 is 18.7. The Bertz CT molecular complexity index is 313. The third kappa shape index (κ3) is 5.96. The third-order valence-electron chi connectivity index (χ3n) is 2.95. The first kappa shape index (κ1) is 15.6. The van der Waals surface area contributed by atoms with Crippen molar-refractivity contribution in [2.45, 2.75) is 45.1 Å². The molecule has 0 saturated heterocycles. The minimum atomic E-state index is -0.202. The van der Waals surface area contributed by atoms with Crippen LogP contribution in [0.15, 0.2) is 24.3 Å². The van der Waals surface area contributed by atoms with Gasteiger partial charge < -0.3 is 4.74 Å². The number of rotatable bonds is 9. The number of hydrogen-bond donors (Lipinski definition) is 0. The highest BCUT2D eigenvalue weighted by Crippen LogP contribution is 2.20. The van der Waals surface area contributed by atoms with Crippen molar-refractivity contribution in [3.8, 4) is 0 Å². The van der Waals surface area contributed by atoms with Crippen LogP contribution in [0.3, 0.4) is 0 Å². The molecule has 102 valence electrons. The fourth-order valence-corrected chi connectivity index (χ4v) is 2.40. The zero-order valence-corrected chi connectivity index (χ0v) is 12.6. The molecule has 3 heteroatoms. The molecule has 0 N–H and O–H groups in total. The number of unbranched alkanes of at least 4 members (excludes halogenated alkanes) is 4. The van der Waals surface area contributed by atoms with Gasteiger partial charge in [0.2, 0.25) is 0 Å². The minimum absolute atomic E-state index is 0.0248. The minimum Gasteiger partial charge on any atom is -0.373 e. The first-order valence-electron chi connectivity index (χ1n) is 6.71. The van der Waals surface area contributed by atoms with Gasteiger partial charge in [0.1, 0.15) is 5.82 Å². The molecule has 1 rings (SSSR count). The van der Waals surface area contributed by atoms with Crippen LogP contribution in [-0.4, -0.2) is 11.9 Å². The fraction of sp³-hybridized carbons (Fsp3) is 0.600. The molecule has 0 bridgehead atoms. The van der Waals surface area contributed by atoms with E-state index in [1.165, 1.54) is 37.8 Å². The van der Waals surface area contributed by atoms with Gasteiger partial charge in [-0.1, -0.05) is 60.7 Å². The van der Waals surface area contributed by atoms with Crippen LogP contribution in [0.25, 0.3) is 0 Å². The molecule has 0 aliphatic carbocycles. The van der Waals surface area contributed by atoms with Gasteiger partial charge in [-0.25, -0.2) is 4.39 Å². The van der Waals surface area contributed by atoms with Gasteiger partial charge in [-0.05, 0) is 24.1 Å². The summed E-state index contributed by atoms with van der Waals surface area (Å²) in [6, 6.07) is 6.54. The van der Waals surface area contributed by atoms with E-state index in [2.05, 4.69) is 22.9 Å². The van der Waals surface area contributed by atoms with Gasteiger partial charge in [-0.3, -0.25) is 0 Å². The molecule has 0 radical (unpaired) electrons. The monoisotopic (exact) mass is 316 g/mol. The maximum absolute atomic E-state index is 12.8. The van der Waals surface area contributed by atoms with Gasteiger partial charge in [-0.2, -0.15) is 0 Å². The van der Waals surface area contributed by atoms with Crippen LogP contribution in [0.4, 0.5) is 4.39 Å². The molecular weight excluding hydrogens is 295 g/mol. The molecule has 1 unspecified atom stereocenters. The van der Waals surface area contributed by atoms with E-state index in [0.29, 0.717) is 0 Å². The summed E-state index contributed by atoms with van der Waals surface area (Å²) in [5, 5.41) is 0.744. The van der Waals surface area contributed by atoms with Crippen molar-refractivity contribution in [2.24, 2.45) is 0 Å². The van der Waals surface area contributed by atoms with E-state index in [-0.39, 0.29) is 11.9 Å². The molecule has 0 aliphatic rings. The van der Waals surface area contributed by atoms with E-state index in [9.17, 15) is 4.39 Å². The molecular formula is C15H22BrFO. The molecule has 0 saturated carbocycles. The molecule has 0 aliphatic heterocycles. The lowest BCUT2D eigenvalue weighted by molar-refractivity contribution is 0.0667. The van der Waals surface area contributed by atoms with E-state index < -0.39 is 0 Å². The Balaban J connectivity index is 2.27. The van der Waals surface area contributed by atoms with E-state index in [4.69, 9.17) is 4.74 Å². The summed E-state index contributed by atoms with van der Waals surface area (Å²) in [6.07, 6.45) is 6.21. The Morgan fingerprint density at radius 3 is 2.39 bits per heavy atom. The van der Waals surface area contributed by atoms with Crippen molar-refractivity contribution in [2.75, 3.05) is 11.9 Å². The molecule has 0 aromatic heterocycles.